The van der Waals surface area contributed by atoms with Crippen molar-refractivity contribution in [2.75, 3.05) is 26.9 Å². The fourth-order valence-electron chi connectivity index (χ4n) is 3.30. The Labute approximate surface area is 183 Å². The minimum atomic E-state index is -4.61. The summed E-state index contributed by atoms with van der Waals surface area (Å²) in [5.74, 6) is -0.242. The minimum absolute atomic E-state index is 0.0576. The number of ether oxygens (including phenoxy) is 2. The summed E-state index contributed by atoms with van der Waals surface area (Å²) in [6, 6.07) is 7.52. The van der Waals surface area contributed by atoms with Crippen LogP contribution in [0.2, 0.25) is 0 Å². The van der Waals surface area contributed by atoms with Crippen molar-refractivity contribution in [3.63, 3.8) is 0 Å². The van der Waals surface area contributed by atoms with Gasteiger partial charge in [-0.15, -0.1) is 0 Å². The highest BCUT2D eigenvalue weighted by Crippen LogP contribution is 2.39. The zero-order chi connectivity index (χ0) is 23.3. The number of nitriles is 1. The molecule has 0 aliphatic carbocycles. The SMILES string of the molecule is COCC(C)NCCCOc1ccc(-c2cc3c(ncn3C)c(C#N)n2)cc1C(F)(F)F. The van der Waals surface area contributed by atoms with Crippen LogP contribution in [0, 0.1) is 11.3 Å². The highest BCUT2D eigenvalue weighted by Gasteiger charge is 2.35. The lowest BCUT2D eigenvalue weighted by atomic mass is 10.1. The molecule has 3 aromatic rings. The van der Waals surface area contributed by atoms with Gasteiger partial charge in [0.15, 0.2) is 5.69 Å². The van der Waals surface area contributed by atoms with Crippen LogP contribution in [0.4, 0.5) is 13.2 Å². The average Bonchev–Trinajstić information content (AvgIpc) is 3.13. The molecule has 1 N–H and O–H groups in total. The Hall–Kier alpha value is -3.16. The molecule has 0 amide bonds. The van der Waals surface area contributed by atoms with Gasteiger partial charge in [-0.05, 0) is 44.2 Å². The summed E-state index contributed by atoms with van der Waals surface area (Å²) in [5, 5.41) is 12.6. The predicted octanol–water partition coefficient (Wildman–Crippen LogP) is 3.92. The molecule has 1 atom stereocenters. The summed E-state index contributed by atoms with van der Waals surface area (Å²) in [6.07, 6.45) is -2.54. The Balaban J connectivity index is 1.82. The van der Waals surface area contributed by atoms with Crippen molar-refractivity contribution >= 4 is 11.0 Å². The number of aryl methyl sites for hydroxylation is 1. The number of nitrogens with zero attached hydrogens (tertiary/aromatic N) is 4. The molecule has 0 saturated heterocycles. The molecule has 170 valence electrons. The molecule has 0 bridgehead atoms. The van der Waals surface area contributed by atoms with Crippen LogP contribution in [-0.2, 0) is 18.0 Å². The second-order valence-corrected chi connectivity index (χ2v) is 7.41. The van der Waals surface area contributed by atoms with E-state index >= 15 is 0 Å². The van der Waals surface area contributed by atoms with E-state index in [-0.39, 0.29) is 35.3 Å². The molecule has 1 aromatic carbocycles. The average molecular weight is 447 g/mol. The van der Waals surface area contributed by atoms with Crippen LogP contribution in [0.15, 0.2) is 30.6 Å². The van der Waals surface area contributed by atoms with Crippen molar-refractivity contribution in [3.05, 3.63) is 41.9 Å². The predicted molar refractivity (Wildman–Crippen MR) is 113 cm³/mol. The van der Waals surface area contributed by atoms with E-state index < -0.39 is 11.7 Å². The zero-order valence-corrected chi connectivity index (χ0v) is 18.0. The van der Waals surface area contributed by atoms with Gasteiger partial charge in [-0.25, -0.2) is 9.97 Å². The van der Waals surface area contributed by atoms with E-state index in [1.807, 2.05) is 13.0 Å². The molecule has 2 aromatic heterocycles. The molecule has 7 nitrogen and oxygen atoms in total. The van der Waals surface area contributed by atoms with Crippen molar-refractivity contribution < 1.29 is 22.6 Å². The van der Waals surface area contributed by atoms with E-state index in [1.54, 1.807) is 24.8 Å². The van der Waals surface area contributed by atoms with Gasteiger partial charge in [-0.2, -0.15) is 18.4 Å². The van der Waals surface area contributed by atoms with Crippen molar-refractivity contribution in [3.8, 4) is 23.1 Å². The number of nitrogens with one attached hydrogen (secondary N) is 1. The third-order valence-electron chi connectivity index (χ3n) is 4.89. The van der Waals surface area contributed by atoms with Crippen LogP contribution in [0.3, 0.4) is 0 Å². The molecule has 1 unspecified atom stereocenters. The summed E-state index contributed by atoms with van der Waals surface area (Å²) in [6.45, 7) is 3.23. The van der Waals surface area contributed by atoms with Crippen LogP contribution in [-0.4, -0.2) is 47.4 Å². The van der Waals surface area contributed by atoms with E-state index in [9.17, 15) is 18.4 Å². The summed E-state index contributed by atoms with van der Waals surface area (Å²) >= 11 is 0. The fourth-order valence-corrected chi connectivity index (χ4v) is 3.30. The van der Waals surface area contributed by atoms with E-state index in [0.717, 1.165) is 6.07 Å². The first-order valence-electron chi connectivity index (χ1n) is 10.0. The number of halogens is 3. The standard InChI is InChI=1S/C22H24F3N5O2/c1-14(12-31-3)27-7-4-8-32-20-6-5-15(9-16(20)22(23,24)25)17-10-19-21(18(11-26)29-17)28-13-30(19)2/h5-6,9-10,13-14,27H,4,7-8,12H2,1-3H3. The van der Waals surface area contributed by atoms with Gasteiger partial charge < -0.3 is 19.4 Å². The molecule has 32 heavy (non-hydrogen) atoms. The second-order valence-electron chi connectivity index (χ2n) is 7.41. The molecular weight excluding hydrogens is 423 g/mol. The first-order chi connectivity index (χ1) is 15.2. The van der Waals surface area contributed by atoms with Gasteiger partial charge in [0.2, 0.25) is 0 Å². The number of fused-ring (bicyclic) bond motifs is 1. The van der Waals surface area contributed by atoms with Gasteiger partial charge in [-0.3, -0.25) is 0 Å². The van der Waals surface area contributed by atoms with Crippen LogP contribution >= 0.6 is 0 Å². The molecule has 0 fully saturated rings. The molecule has 10 heteroatoms. The van der Waals surface area contributed by atoms with Crippen molar-refractivity contribution in [2.45, 2.75) is 25.6 Å². The number of pyridine rings is 1. The van der Waals surface area contributed by atoms with Crippen LogP contribution in [0.1, 0.15) is 24.6 Å². The number of hydrogen-bond donors (Lipinski definition) is 1. The van der Waals surface area contributed by atoms with Crippen molar-refractivity contribution in [2.24, 2.45) is 7.05 Å². The minimum Gasteiger partial charge on any atom is -0.493 e. The van der Waals surface area contributed by atoms with Crippen LogP contribution < -0.4 is 10.1 Å². The molecule has 0 radical (unpaired) electrons. The van der Waals surface area contributed by atoms with E-state index in [4.69, 9.17) is 9.47 Å². The van der Waals surface area contributed by atoms with E-state index in [0.29, 0.717) is 30.6 Å². The molecule has 0 saturated carbocycles. The highest BCUT2D eigenvalue weighted by molar-refractivity contribution is 5.84. The number of methoxy groups -OCH3 is 1. The second kappa shape index (κ2) is 9.97. The Morgan fingerprint density at radius 1 is 1.28 bits per heavy atom. The summed E-state index contributed by atoms with van der Waals surface area (Å²) in [4.78, 5) is 8.34. The lowest BCUT2D eigenvalue weighted by Crippen LogP contribution is -2.31. The zero-order valence-electron chi connectivity index (χ0n) is 18.0. The Morgan fingerprint density at radius 3 is 2.75 bits per heavy atom. The number of benzene rings is 1. The monoisotopic (exact) mass is 447 g/mol. The van der Waals surface area contributed by atoms with Gasteiger partial charge in [0.1, 0.15) is 17.3 Å². The fraction of sp³-hybridized carbons (Fsp3) is 0.409. The normalized spacial score (nSPS) is 12.7. The van der Waals surface area contributed by atoms with E-state index in [1.165, 1.54) is 18.5 Å². The quantitative estimate of drug-likeness (QED) is 0.501. The Morgan fingerprint density at radius 2 is 2.06 bits per heavy atom. The maximum Gasteiger partial charge on any atom is 0.419 e. The Kier molecular flexibility index (Phi) is 7.33. The van der Waals surface area contributed by atoms with E-state index in [2.05, 4.69) is 15.3 Å². The smallest absolute Gasteiger partial charge is 0.419 e. The first-order valence-corrected chi connectivity index (χ1v) is 10.0. The number of imidazole rings is 1. The van der Waals surface area contributed by atoms with Gasteiger partial charge in [0.25, 0.3) is 0 Å². The maximum absolute atomic E-state index is 13.7. The van der Waals surface area contributed by atoms with Crippen LogP contribution in [0.25, 0.3) is 22.3 Å². The number of aromatic nitrogens is 3. The molecule has 2 heterocycles. The lowest BCUT2D eigenvalue weighted by molar-refractivity contribution is -0.138. The number of hydrogen-bond acceptors (Lipinski definition) is 6. The number of alkyl halides is 3. The van der Waals surface area contributed by atoms with Crippen molar-refractivity contribution in [1.29, 1.82) is 5.26 Å². The summed E-state index contributed by atoms with van der Waals surface area (Å²) in [5.41, 5.74) is 0.674. The topological polar surface area (TPSA) is 85.0 Å². The van der Waals surface area contributed by atoms with Crippen LogP contribution in [0.5, 0.6) is 5.75 Å². The lowest BCUT2D eigenvalue weighted by Gasteiger charge is -2.16. The highest BCUT2D eigenvalue weighted by atomic mass is 19.4. The third kappa shape index (κ3) is 5.36. The molecule has 0 aliphatic heterocycles. The Bertz CT molecular complexity index is 1120. The summed E-state index contributed by atoms with van der Waals surface area (Å²) < 4.78 is 53.3. The van der Waals surface area contributed by atoms with Crippen molar-refractivity contribution in [1.82, 2.24) is 19.9 Å². The molecule has 3 rings (SSSR count). The number of rotatable bonds is 9. The third-order valence-corrected chi connectivity index (χ3v) is 4.89. The first kappa shape index (κ1) is 23.5. The van der Waals surface area contributed by atoms with Gasteiger partial charge >= 0.3 is 6.18 Å². The molecule has 0 aliphatic rings. The van der Waals surface area contributed by atoms with Gasteiger partial charge in [0.05, 0.1) is 36.3 Å². The van der Waals surface area contributed by atoms with Gasteiger partial charge in [-0.1, -0.05) is 0 Å². The largest absolute Gasteiger partial charge is 0.493 e. The maximum atomic E-state index is 13.7. The van der Waals surface area contributed by atoms with Gasteiger partial charge in [0, 0.05) is 25.8 Å². The summed E-state index contributed by atoms with van der Waals surface area (Å²) in [7, 11) is 3.35. The molecule has 0 spiro atoms. The molecular formula is C22H24F3N5O2.